The van der Waals surface area contributed by atoms with Crippen LogP contribution in [0.15, 0.2) is 24.3 Å². The molecule has 17 heavy (non-hydrogen) atoms. The number of hydrogen-bond donors (Lipinski definition) is 1. The minimum atomic E-state index is -1.39. The summed E-state index contributed by atoms with van der Waals surface area (Å²) in [5.41, 5.74) is 5.30. The summed E-state index contributed by atoms with van der Waals surface area (Å²) < 4.78 is 0. The van der Waals surface area contributed by atoms with Gasteiger partial charge in [0.1, 0.15) is 8.07 Å². The summed E-state index contributed by atoms with van der Waals surface area (Å²) in [6, 6.07) is 7.79. The molecule has 0 aliphatic rings. The highest BCUT2D eigenvalue weighted by atomic mass is 28.3. The fourth-order valence-corrected chi connectivity index (χ4v) is 1.87. The number of carboxylic acids is 1. The molecule has 0 bridgehead atoms. The first-order valence-corrected chi connectivity index (χ1v) is 9.21. The van der Waals surface area contributed by atoms with Gasteiger partial charge in [0.2, 0.25) is 0 Å². The fraction of sp³-hybridized carbons (Fsp3) is 0.357. The lowest BCUT2D eigenvalue weighted by molar-refractivity contribution is -0.136. The first kappa shape index (κ1) is 13.5. The number of hydrogen-bond acceptors (Lipinski definition) is 1. The number of rotatable bonds is 3. The molecule has 2 nitrogen and oxygen atoms in total. The van der Waals surface area contributed by atoms with Gasteiger partial charge in [0.05, 0.1) is 0 Å². The van der Waals surface area contributed by atoms with Crippen LogP contribution in [0.1, 0.15) is 17.5 Å². The molecule has 0 aliphatic carbocycles. The number of aryl methyl sites for hydroxylation is 1. The van der Waals surface area contributed by atoms with Gasteiger partial charge < -0.3 is 5.11 Å². The van der Waals surface area contributed by atoms with E-state index in [2.05, 4.69) is 31.1 Å². The van der Waals surface area contributed by atoms with Crippen molar-refractivity contribution in [3.63, 3.8) is 0 Å². The Morgan fingerprint density at radius 3 is 2.53 bits per heavy atom. The van der Waals surface area contributed by atoms with Crippen molar-refractivity contribution in [2.24, 2.45) is 0 Å². The van der Waals surface area contributed by atoms with Crippen molar-refractivity contribution >= 4 is 14.0 Å². The van der Waals surface area contributed by atoms with E-state index in [1.165, 1.54) is 0 Å². The van der Waals surface area contributed by atoms with Gasteiger partial charge in [0.25, 0.3) is 0 Å². The molecule has 0 saturated carbocycles. The smallest absolute Gasteiger partial charge is 0.303 e. The van der Waals surface area contributed by atoms with Crippen molar-refractivity contribution in [2.75, 3.05) is 0 Å². The first-order chi connectivity index (χ1) is 7.88. The van der Waals surface area contributed by atoms with Crippen LogP contribution in [-0.4, -0.2) is 19.1 Å². The van der Waals surface area contributed by atoms with Crippen LogP contribution in [0.25, 0.3) is 0 Å². The van der Waals surface area contributed by atoms with Crippen LogP contribution in [0.4, 0.5) is 0 Å². The Bertz CT molecular complexity index is 461. The SMILES string of the molecule is C[Si](C)(C)C#Cc1ccccc1CCC(=O)O. The molecule has 1 aromatic rings. The van der Waals surface area contributed by atoms with Crippen LogP contribution in [0.2, 0.25) is 19.6 Å². The molecule has 0 atom stereocenters. The monoisotopic (exact) mass is 246 g/mol. The van der Waals surface area contributed by atoms with Gasteiger partial charge in [-0.15, -0.1) is 5.54 Å². The molecule has 1 aromatic carbocycles. The molecule has 0 aromatic heterocycles. The summed E-state index contributed by atoms with van der Waals surface area (Å²) in [6.45, 7) is 6.58. The van der Waals surface area contributed by atoms with E-state index < -0.39 is 14.0 Å². The van der Waals surface area contributed by atoms with Gasteiger partial charge in [-0.1, -0.05) is 43.8 Å². The fourth-order valence-electron chi connectivity index (χ4n) is 1.36. The molecular formula is C14H18O2Si. The van der Waals surface area contributed by atoms with Crippen molar-refractivity contribution in [1.82, 2.24) is 0 Å². The largest absolute Gasteiger partial charge is 0.481 e. The van der Waals surface area contributed by atoms with E-state index in [0.717, 1.165) is 11.1 Å². The Kier molecular flexibility index (Phi) is 4.53. The maximum atomic E-state index is 10.6. The summed E-state index contributed by atoms with van der Waals surface area (Å²) in [5.74, 6) is 2.43. The van der Waals surface area contributed by atoms with Gasteiger partial charge in [-0.2, -0.15) is 0 Å². The zero-order valence-corrected chi connectivity index (χ0v) is 11.6. The predicted octanol–water partition coefficient (Wildman–Crippen LogP) is 2.93. The number of carbonyl (C=O) groups is 1. The average molecular weight is 246 g/mol. The zero-order chi connectivity index (χ0) is 12.9. The van der Waals surface area contributed by atoms with E-state index >= 15 is 0 Å². The van der Waals surface area contributed by atoms with Crippen LogP contribution in [0.3, 0.4) is 0 Å². The molecule has 1 N–H and O–H groups in total. The molecule has 0 radical (unpaired) electrons. The highest BCUT2D eigenvalue weighted by Gasteiger charge is 2.08. The van der Waals surface area contributed by atoms with Crippen LogP contribution in [0.5, 0.6) is 0 Å². The highest BCUT2D eigenvalue weighted by molar-refractivity contribution is 6.83. The van der Waals surface area contributed by atoms with E-state index in [1.807, 2.05) is 24.3 Å². The van der Waals surface area contributed by atoms with Crippen molar-refractivity contribution in [1.29, 1.82) is 0 Å². The molecule has 90 valence electrons. The number of benzene rings is 1. The van der Waals surface area contributed by atoms with E-state index in [4.69, 9.17) is 5.11 Å². The second-order valence-electron chi connectivity index (χ2n) is 5.05. The van der Waals surface area contributed by atoms with E-state index in [1.54, 1.807) is 0 Å². The van der Waals surface area contributed by atoms with E-state index in [-0.39, 0.29) is 6.42 Å². The zero-order valence-electron chi connectivity index (χ0n) is 10.6. The highest BCUT2D eigenvalue weighted by Crippen LogP contribution is 2.10. The Morgan fingerprint density at radius 2 is 1.94 bits per heavy atom. The summed E-state index contributed by atoms with van der Waals surface area (Å²) >= 11 is 0. The van der Waals surface area contributed by atoms with Crippen molar-refractivity contribution in [2.45, 2.75) is 32.5 Å². The van der Waals surface area contributed by atoms with Crippen molar-refractivity contribution in [3.05, 3.63) is 35.4 Å². The summed E-state index contributed by atoms with van der Waals surface area (Å²) in [6.07, 6.45) is 0.706. The van der Waals surface area contributed by atoms with Crippen molar-refractivity contribution < 1.29 is 9.90 Å². The number of carboxylic acid groups (broad SMARTS) is 1. The molecular weight excluding hydrogens is 228 g/mol. The second kappa shape index (κ2) is 5.69. The van der Waals surface area contributed by atoms with Gasteiger partial charge in [-0.25, -0.2) is 0 Å². The van der Waals surface area contributed by atoms with Gasteiger partial charge >= 0.3 is 5.97 Å². The molecule has 0 fully saturated rings. The van der Waals surface area contributed by atoms with Gasteiger partial charge in [-0.3, -0.25) is 4.79 Å². The molecule has 0 aliphatic heterocycles. The van der Waals surface area contributed by atoms with E-state index in [0.29, 0.717) is 6.42 Å². The van der Waals surface area contributed by atoms with Crippen LogP contribution in [0, 0.1) is 11.5 Å². The Balaban J connectivity index is 2.91. The van der Waals surface area contributed by atoms with Gasteiger partial charge in [0, 0.05) is 12.0 Å². The molecule has 0 unspecified atom stereocenters. The normalized spacial score (nSPS) is 10.5. The van der Waals surface area contributed by atoms with Crippen molar-refractivity contribution in [3.8, 4) is 11.5 Å². The predicted molar refractivity (Wildman–Crippen MR) is 72.6 cm³/mol. The third-order valence-corrected chi connectivity index (χ3v) is 3.07. The Labute approximate surface area is 104 Å². The molecule has 3 heteroatoms. The molecule has 0 heterocycles. The standard InChI is InChI=1S/C14H18O2Si/c1-17(2,3)11-10-13-7-5-4-6-12(13)8-9-14(15)16/h4-7H,8-9H2,1-3H3,(H,15,16). The first-order valence-electron chi connectivity index (χ1n) is 5.71. The summed E-state index contributed by atoms with van der Waals surface area (Å²) in [7, 11) is -1.39. The average Bonchev–Trinajstić information content (AvgIpc) is 2.23. The minimum Gasteiger partial charge on any atom is -0.481 e. The van der Waals surface area contributed by atoms with Gasteiger partial charge in [-0.05, 0) is 18.1 Å². The third-order valence-electron chi connectivity index (χ3n) is 2.20. The van der Waals surface area contributed by atoms with Crippen LogP contribution >= 0.6 is 0 Å². The van der Waals surface area contributed by atoms with Crippen LogP contribution < -0.4 is 0 Å². The molecule has 0 amide bonds. The van der Waals surface area contributed by atoms with Gasteiger partial charge in [0.15, 0.2) is 0 Å². The lowest BCUT2D eigenvalue weighted by Crippen LogP contribution is -2.16. The Hall–Kier alpha value is -1.53. The lowest BCUT2D eigenvalue weighted by atomic mass is 10.0. The summed E-state index contributed by atoms with van der Waals surface area (Å²) in [4.78, 5) is 10.6. The molecule has 0 spiro atoms. The quantitative estimate of drug-likeness (QED) is 0.657. The minimum absolute atomic E-state index is 0.158. The van der Waals surface area contributed by atoms with Crippen LogP contribution in [-0.2, 0) is 11.2 Å². The molecule has 0 saturated heterocycles. The maximum absolute atomic E-state index is 10.6. The second-order valence-corrected chi connectivity index (χ2v) is 9.80. The lowest BCUT2D eigenvalue weighted by Gasteiger charge is -2.05. The van der Waals surface area contributed by atoms with E-state index in [9.17, 15) is 4.79 Å². The Morgan fingerprint density at radius 1 is 1.29 bits per heavy atom. The number of aliphatic carboxylic acids is 1. The summed E-state index contributed by atoms with van der Waals surface area (Å²) in [5, 5.41) is 8.70. The molecule has 1 rings (SSSR count). The third kappa shape index (κ3) is 5.37. The topological polar surface area (TPSA) is 37.3 Å². The maximum Gasteiger partial charge on any atom is 0.303 e.